The highest BCUT2D eigenvalue weighted by atomic mass is 16.6. The average Bonchev–Trinajstić information content (AvgIpc) is 3.98. The molecule has 2 aliphatic heterocycles. The molecular weight excluding hydrogens is 580 g/mol. The van der Waals surface area contributed by atoms with Gasteiger partial charge in [0.1, 0.15) is 18.8 Å². The van der Waals surface area contributed by atoms with E-state index in [0.29, 0.717) is 0 Å². The third kappa shape index (κ3) is 20.1. The molecule has 0 bridgehead atoms. The highest BCUT2D eigenvalue weighted by Crippen LogP contribution is 2.27. The Morgan fingerprint density at radius 2 is 1.24 bits per heavy atom. The summed E-state index contributed by atoms with van der Waals surface area (Å²) in [4.78, 5) is 24.0. The Morgan fingerprint density at radius 3 is 1.74 bits per heavy atom. The highest BCUT2D eigenvalue weighted by molar-refractivity contribution is 5.70. The second kappa shape index (κ2) is 25.2. The van der Waals surface area contributed by atoms with E-state index >= 15 is 0 Å². The number of hydrogen-bond acceptors (Lipinski definition) is 7. The molecule has 0 aromatic heterocycles. The van der Waals surface area contributed by atoms with Crippen LogP contribution in [0.1, 0.15) is 90.9 Å². The Hall–Kier alpha value is -3.98. The molecule has 0 aliphatic carbocycles. The van der Waals surface area contributed by atoms with Crippen LogP contribution in [0.3, 0.4) is 0 Å². The lowest BCUT2D eigenvalue weighted by molar-refractivity contribution is -0.161. The number of esters is 2. The maximum atomic E-state index is 12.1. The molecule has 1 N–H and O–H groups in total. The van der Waals surface area contributed by atoms with Gasteiger partial charge in [0.05, 0.1) is 31.7 Å². The van der Waals surface area contributed by atoms with Crippen LogP contribution in [0.4, 0.5) is 0 Å². The SMILES string of the molecule is CC/C=C\C=C/CCC[C@@H]1O[C@H]1C#CC#CCCC(=O)OC[C@H](CO)OC(=O)CCC#CC#C[C@@H]1O[C@H]1CCC/C=C\C=C/CC. The van der Waals surface area contributed by atoms with Gasteiger partial charge < -0.3 is 24.1 Å². The number of hydrogen-bond donors (Lipinski definition) is 1. The van der Waals surface area contributed by atoms with Crippen molar-refractivity contribution in [1.82, 2.24) is 0 Å². The minimum Gasteiger partial charge on any atom is -0.462 e. The molecule has 0 aromatic carbocycles. The van der Waals surface area contributed by atoms with Crippen molar-refractivity contribution in [3.8, 4) is 47.4 Å². The van der Waals surface area contributed by atoms with Crippen LogP contribution in [0.5, 0.6) is 0 Å². The van der Waals surface area contributed by atoms with Crippen molar-refractivity contribution in [3.05, 3.63) is 48.6 Å². The van der Waals surface area contributed by atoms with Crippen LogP contribution in [-0.4, -0.2) is 60.8 Å². The van der Waals surface area contributed by atoms with Gasteiger partial charge in [-0.2, -0.15) is 0 Å². The number of allylic oxidation sites excluding steroid dienone is 8. The zero-order chi connectivity index (χ0) is 33.1. The Labute approximate surface area is 275 Å². The van der Waals surface area contributed by atoms with Crippen LogP contribution in [0.15, 0.2) is 48.6 Å². The van der Waals surface area contributed by atoms with E-state index in [9.17, 15) is 14.7 Å². The molecule has 0 unspecified atom stereocenters. The average molecular weight is 629 g/mol. The van der Waals surface area contributed by atoms with E-state index in [1.807, 2.05) is 0 Å². The van der Waals surface area contributed by atoms with Crippen LogP contribution in [0, 0.1) is 47.4 Å². The lowest BCUT2D eigenvalue weighted by Crippen LogP contribution is -2.28. The number of carbonyl (C=O) groups is 2. The van der Waals surface area contributed by atoms with E-state index in [4.69, 9.17) is 18.9 Å². The summed E-state index contributed by atoms with van der Waals surface area (Å²) in [5.41, 5.74) is 0. The van der Waals surface area contributed by atoms with Gasteiger partial charge in [0.15, 0.2) is 6.10 Å². The molecule has 246 valence electrons. The largest absolute Gasteiger partial charge is 0.462 e. The van der Waals surface area contributed by atoms with Crippen LogP contribution >= 0.6 is 0 Å². The number of rotatable bonds is 20. The van der Waals surface area contributed by atoms with Crippen LogP contribution in [0.25, 0.3) is 0 Å². The maximum Gasteiger partial charge on any atom is 0.307 e. The first-order chi connectivity index (χ1) is 22.6. The summed E-state index contributed by atoms with van der Waals surface area (Å²) in [7, 11) is 0. The van der Waals surface area contributed by atoms with E-state index in [2.05, 4.69) is 110 Å². The number of unbranched alkanes of at least 4 members (excludes halogenated alkanes) is 2. The number of epoxide rings is 2. The normalized spacial score (nSPS) is 20.2. The van der Waals surface area contributed by atoms with Crippen LogP contribution < -0.4 is 0 Å². The minimum atomic E-state index is -0.936. The molecule has 7 heteroatoms. The fourth-order valence-corrected chi connectivity index (χ4v) is 4.02. The standard InChI is InChI=1S/C39H48O7/c1-3-5-7-9-11-13-19-25-34-36(45-34)27-21-15-17-23-29-38(41)43-32-33(31-40)44-39(42)30-24-18-16-22-28-37-35(46-37)26-20-14-12-10-8-6-4-2/h5-12,33-37,40H,3-4,13-14,19-20,23-26,29-32H2,1-2H3/b7-5-,8-6-,11-9-,12-10-/t33-,34-,35-,36-,37-/m0/s1. The Balaban J connectivity index is 1.49. The van der Waals surface area contributed by atoms with Crippen molar-refractivity contribution < 1.29 is 33.6 Å². The molecule has 2 rings (SSSR count). The molecular formula is C39H48O7. The quantitative estimate of drug-likeness (QED) is 0.0587. The molecule has 2 fully saturated rings. The molecule has 46 heavy (non-hydrogen) atoms. The third-order valence-electron chi connectivity index (χ3n) is 6.69. The number of ether oxygens (including phenoxy) is 4. The van der Waals surface area contributed by atoms with Crippen molar-refractivity contribution in [2.45, 2.75) is 121 Å². The first-order valence-corrected chi connectivity index (χ1v) is 16.4. The number of carbonyl (C=O) groups excluding carboxylic acids is 2. The second-order valence-electron chi connectivity index (χ2n) is 10.7. The molecule has 2 saturated heterocycles. The van der Waals surface area contributed by atoms with Gasteiger partial charge in [0.25, 0.3) is 0 Å². The van der Waals surface area contributed by atoms with Gasteiger partial charge in [-0.3, -0.25) is 9.59 Å². The zero-order valence-corrected chi connectivity index (χ0v) is 27.3. The summed E-state index contributed by atoms with van der Waals surface area (Å²) in [6.07, 6.45) is 25.0. The predicted octanol–water partition coefficient (Wildman–Crippen LogP) is 5.93. The van der Waals surface area contributed by atoms with Crippen molar-refractivity contribution in [2.24, 2.45) is 0 Å². The fourth-order valence-electron chi connectivity index (χ4n) is 4.02. The van der Waals surface area contributed by atoms with Gasteiger partial charge in [-0.1, -0.05) is 86.1 Å². The summed E-state index contributed by atoms with van der Waals surface area (Å²) >= 11 is 0. The van der Waals surface area contributed by atoms with Crippen molar-refractivity contribution in [2.75, 3.05) is 13.2 Å². The zero-order valence-electron chi connectivity index (χ0n) is 27.3. The van der Waals surface area contributed by atoms with E-state index in [1.54, 1.807) is 0 Å². The minimum absolute atomic E-state index is 0.0419. The van der Waals surface area contributed by atoms with Crippen LogP contribution in [0.2, 0.25) is 0 Å². The highest BCUT2D eigenvalue weighted by Gasteiger charge is 2.36. The van der Waals surface area contributed by atoms with Gasteiger partial charge in [0.2, 0.25) is 0 Å². The third-order valence-corrected chi connectivity index (χ3v) is 6.69. The Bertz CT molecular complexity index is 1290. The summed E-state index contributed by atoms with van der Waals surface area (Å²) < 4.78 is 21.4. The summed E-state index contributed by atoms with van der Waals surface area (Å²) in [6.45, 7) is 3.53. The van der Waals surface area contributed by atoms with Gasteiger partial charge >= 0.3 is 11.9 Å². The fraction of sp³-hybridized carbons (Fsp3) is 0.538. The summed E-state index contributed by atoms with van der Waals surface area (Å²) in [6, 6.07) is 0. The summed E-state index contributed by atoms with van der Waals surface area (Å²) in [5.74, 6) is 21.6. The monoisotopic (exact) mass is 628 g/mol. The molecule has 0 radical (unpaired) electrons. The second-order valence-corrected chi connectivity index (χ2v) is 10.7. The smallest absolute Gasteiger partial charge is 0.307 e. The first kappa shape index (κ1) is 38.2. The lowest BCUT2D eigenvalue weighted by Gasteiger charge is -2.15. The van der Waals surface area contributed by atoms with E-state index < -0.39 is 24.6 Å². The molecule has 2 heterocycles. The van der Waals surface area contributed by atoms with E-state index in [-0.39, 0.29) is 56.7 Å². The molecule has 0 spiro atoms. The molecule has 0 amide bonds. The van der Waals surface area contributed by atoms with E-state index in [1.165, 1.54) is 0 Å². The van der Waals surface area contributed by atoms with Gasteiger partial charge in [-0.15, -0.1) is 0 Å². The Kier molecular flexibility index (Phi) is 21.0. The number of aliphatic hydroxyl groups excluding tert-OH is 1. The Morgan fingerprint density at radius 1 is 0.739 bits per heavy atom. The molecule has 0 aromatic rings. The van der Waals surface area contributed by atoms with Gasteiger partial charge in [0, 0.05) is 12.8 Å². The van der Waals surface area contributed by atoms with Crippen LogP contribution in [-0.2, 0) is 28.5 Å². The molecule has 2 aliphatic rings. The van der Waals surface area contributed by atoms with Crippen molar-refractivity contribution in [1.29, 1.82) is 0 Å². The van der Waals surface area contributed by atoms with Gasteiger partial charge in [-0.25, -0.2) is 0 Å². The van der Waals surface area contributed by atoms with Gasteiger partial charge in [-0.05, 0) is 75.0 Å². The first-order valence-electron chi connectivity index (χ1n) is 16.4. The predicted molar refractivity (Wildman–Crippen MR) is 180 cm³/mol. The number of aliphatic hydroxyl groups is 1. The molecule has 5 atom stereocenters. The van der Waals surface area contributed by atoms with E-state index in [0.717, 1.165) is 51.4 Å². The van der Waals surface area contributed by atoms with Crippen molar-refractivity contribution >= 4 is 11.9 Å². The topological polar surface area (TPSA) is 97.9 Å². The summed E-state index contributed by atoms with van der Waals surface area (Å²) in [5, 5.41) is 9.48. The lowest BCUT2D eigenvalue weighted by atomic mass is 10.1. The molecule has 0 saturated carbocycles. The maximum absolute atomic E-state index is 12.1. The van der Waals surface area contributed by atoms with Crippen molar-refractivity contribution in [3.63, 3.8) is 0 Å². The molecule has 7 nitrogen and oxygen atoms in total.